The highest BCUT2D eigenvalue weighted by Gasteiger charge is 2.21. The number of benzene rings is 1. The SMILES string of the molecule is CC[C@H](C)N(Cc1csc(COc2ccccc2)n1)C(=O)NC(C)C. The fourth-order valence-electron chi connectivity index (χ4n) is 2.30. The average Bonchev–Trinajstić information content (AvgIpc) is 3.05. The van der Waals surface area contributed by atoms with Gasteiger partial charge in [0.1, 0.15) is 17.4 Å². The number of rotatable bonds is 8. The summed E-state index contributed by atoms with van der Waals surface area (Å²) < 4.78 is 5.73. The number of urea groups is 1. The molecule has 25 heavy (non-hydrogen) atoms. The van der Waals surface area contributed by atoms with Gasteiger partial charge >= 0.3 is 6.03 Å². The van der Waals surface area contributed by atoms with Crippen molar-refractivity contribution in [1.82, 2.24) is 15.2 Å². The molecule has 1 atom stereocenters. The molecule has 5 nitrogen and oxygen atoms in total. The molecule has 0 radical (unpaired) electrons. The van der Waals surface area contributed by atoms with Crippen LogP contribution in [0.4, 0.5) is 4.79 Å². The lowest BCUT2D eigenvalue weighted by Crippen LogP contribution is -2.46. The van der Waals surface area contributed by atoms with Gasteiger partial charge in [-0.15, -0.1) is 11.3 Å². The fraction of sp³-hybridized carbons (Fsp3) is 0.474. The second-order valence-electron chi connectivity index (χ2n) is 6.32. The van der Waals surface area contributed by atoms with Crippen molar-refractivity contribution in [3.63, 3.8) is 0 Å². The molecule has 0 spiro atoms. The van der Waals surface area contributed by atoms with Crippen LogP contribution in [0.2, 0.25) is 0 Å². The molecule has 0 bridgehead atoms. The summed E-state index contributed by atoms with van der Waals surface area (Å²) >= 11 is 1.56. The average molecular weight is 362 g/mol. The molecule has 0 saturated heterocycles. The van der Waals surface area contributed by atoms with Crippen LogP contribution in [-0.2, 0) is 13.2 Å². The number of nitrogens with one attached hydrogen (secondary N) is 1. The number of para-hydroxylation sites is 1. The standard InChI is InChI=1S/C19H27N3O2S/c1-5-15(4)22(19(23)20-14(2)3)11-16-13-25-18(21-16)12-24-17-9-7-6-8-10-17/h6-10,13-15H,5,11-12H2,1-4H3,(H,20,23)/t15-/m0/s1. The van der Waals surface area contributed by atoms with E-state index in [-0.39, 0.29) is 18.1 Å². The minimum atomic E-state index is -0.0422. The van der Waals surface area contributed by atoms with Crippen molar-refractivity contribution in [1.29, 1.82) is 0 Å². The van der Waals surface area contributed by atoms with Gasteiger partial charge in [0.2, 0.25) is 0 Å². The van der Waals surface area contributed by atoms with E-state index in [2.05, 4.69) is 24.1 Å². The highest BCUT2D eigenvalue weighted by molar-refractivity contribution is 7.09. The Balaban J connectivity index is 1.97. The maximum atomic E-state index is 12.4. The number of hydrogen-bond acceptors (Lipinski definition) is 4. The van der Waals surface area contributed by atoms with Crippen molar-refractivity contribution in [2.75, 3.05) is 0 Å². The second-order valence-corrected chi connectivity index (χ2v) is 7.27. The molecular weight excluding hydrogens is 334 g/mol. The molecule has 2 rings (SSSR count). The van der Waals surface area contributed by atoms with E-state index in [0.717, 1.165) is 22.9 Å². The summed E-state index contributed by atoms with van der Waals surface area (Å²) in [6.45, 7) is 9.03. The van der Waals surface area contributed by atoms with E-state index in [0.29, 0.717) is 13.2 Å². The number of amides is 2. The monoisotopic (exact) mass is 361 g/mol. The van der Waals surface area contributed by atoms with Crippen LogP contribution in [-0.4, -0.2) is 28.0 Å². The summed E-state index contributed by atoms with van der Waals surface area (Å²) in [6.07, 6.45) is 0.902. The smallest absolute Gasteiger partial charge is 0.318 e. The summed E-state index contributed by atoms with van der Waals surface area (Å²) in [5.41, 5.74) is 0.899. The molecule has 136 valence electrons. The van der Waals surface area contributed by atoms with Crippen molar-refractivity contribution in [3.8, 4) is 5.75 Å². The van der Waals surface area contributed by atoms with Crippen molar-refractivity contribution in [2.24, 2.45) is 0 Å². The summed E-state index contributed by atoms with van der Waals surface area (Å²) in [5.74, 6) is 0.830. The van der Waals surface area contributed by atoms with Gasteiger partial charge < -0.3 is 15.0 Å². The van der Waals surface area contributed by atoms with Gasteiger partial charge in [-0.05, 0) is 39.3 Å². The Bertz CT molecular complexity index is 658. The third kappa shape index (κ3) is 6.05. The minimum Gasteiger partial charge on any atom is -0.486 e. The molecule has 1 N–H and O–H groups in total. The van der Waals surface area contributed by atoms with Crippen molar-refractivity contribution in [2.45, 2.75) is 59.4 Å². The topological polar surface area (TPSA) is 54.5 Å². The van der Waals surface area contributed by atoms with Crippen LogP contribution in [0, 0.1) is 0 Å². The predicted octanol–water partition coefficient (Wildman–Crippen LogP) is 4.44. The second kappa shape index (κ2) is 9.42. The number of ether oxygens (including phenoxy) is 1. The summed E-state index contributed by atoms with van der Waals surface area (Å²) in [7, 11) is 0. The molecule has 0 saturated carbocycles. The van der Waals surface area contributed by atoms with Crippen molar-refractivity contribution < 1.29 is 9.53 Å². The number of thiazole rings is 1. The van der Waals surface area contributed by atoms with Crippen LogP contribution < -0.4 is 10.1 Å². The van der Waals surface area contributed by atoms with E-state index in [1.54, 1.807) is 11.3 Å². The summed E-state index contributed by atoms with van der Waals surface area (Å²) in [5, 5.41) is 5.88. The molecule has 0 fully saturated rings. The van der Waals surface area contributed by atoms with E-state index in [9.17, 15) is 4.79 Å². The van der Waals surface area contributed by atoms with E-state index in [4.69, 9.17) is 4.74 Å². The van der Waals surface area contributed by atoms with Crippen molar-refractivity contribution in [3.05, 3.63) is 46.4 Å². The Hall–Kier alpha value is -2.08. The third-order valence-electron chi connectivity index (χ3n) is 3.83. The van der Waals surface area contributed by atoms with E-state index >= 15 is 0 Å². The Labute approximate surface area is 154 Å². The lowest BCUT2D eigenvalue weighted by Gasteiger charge is -2.29. The van der Waals surface area contributed by atoms with Crippen LogP contribution in [0.5, 0.6) is 5.75 Å². The highest BCUT2D eigenvalue weighted by Crippen LogP contribution is 2.17. The highest BCUT2D eigenvalue weighted by atomic mass is 32.1. The molecule has 0 aliphatic heterocycles. The third-order valence-corrected chi connectivity index (χ3v) is 4.70. The van der Waals surface area contributed by atoms with Gasteiger partial charge in [-0.2, -0.15) is 0 Å². The first kappa shape index (κ1) is 19.2. The number of carbonyl (C=O) groups excluding carboxylic acids is 1. The Morgan fingerprint density at radius 3 is 2.64 bits per heavy atom. The molecule has 1 aromatic carbocycles. The van der Waals surface area contributed by atoms with Gasteiger partial charge in [0, 0.05) is 17.5 Å². The van der Waals surface area contributed by atoms with Gasteiger partial charge in [0.25, 0.3) is 0 Å². The van der Waals surface area contributed by atoms with Crippen LogP contribution >= 0.6 is 11.3 Å². The Morgan fingerprint density at radius 2 is 2.00 bits per heavy atom. The zero-order valence-corrected chi connectivity index (χ0v) is 16.2. The molecule has 0 unspecified atom stereocenters. The molecule has 0 aliphatic rings. The zero-order chi connectivity index (χ0) is 18.2. The predicted molar refractivity (Wildman–Crippen MR) is 102 cm³/mol. The van der Waals surface area contributed by atoms with Crippen molar-refractivity contribution >= 4 is 17.4 Å². The van der Waals surface area contributed by atoms with E-state index < -0.39 is 0 Å². The molecule has 6 heteroatoms. The first-order valence-electron chi connectivity index (χ1n) is 8.67. The molecule has 2 aromatic rings. The lowest BCUT2D eigenvalue weighted by molar-refractivity contribution is 0.170. The first-order chi connectivity index (χ1) is 12.0. The number of aromatic nitrogens is 1. The quantitative estimate of drug-likeness (QED) is 0.756. The van der Waals surface area contributed by atoms with Crippen LogP contribution in [0.3, 0.4) is 0 Å². The molecule has 0 aliphatic carbocycles. The molecule has 2 amide bonds. The number of nitrogens with zero attached hydrogens (tertiary/aromatic N) is 2. The maximum Gasteiger partial charge on any atom is 0.318 e. The fourth-order valence-corrected chi connectivity index (χ4v) is 3.00. The zero-order valence-electron chi connectivity index (χ0n) is 15.4. The van der Waals surface area contributed by atoms with Gasteiger partial charge in [-0.3, -0.25) is 0 Å². The largest absolute Gasteiger partial charge is 0.486 e. The molecular formula is C19H27N3O2S. The van der Waals surface area contributed by atoms with Crippen LogP contribution in [0.25, 0.3) is 0 Å². The first-order valence-corrected chi connectivity index (χ1v) is 9.55. The van der Waals surface area contributed by atoms with Gasteiger partial charge in [0.05, 0.1) is 12.2 Å². The Kier molecular flexibility index (Phi) is 7.25. The van der Waals surface area contributed by atoms with Gasteiger partial charge in [-0.1, -0.05) is 25.1 Å². The summed E-state index contributed by atoms with van der Waals surface area (Å²) in [4.78, 5) is 18.9. The maximum absolute atomic E-state index is 12.4. The lowest BCUT2D eigenvalue weighted by atomic mass is 10.2. The summed E-state index contributed by atoms with van der Waals surface area (Å²) in [6, 6.07) is 9.93. The van der Waals surface area contributed by atoms with Crippen LogP contribution in [0.15, 0.2) is 35.7 Å². The van der Waals surface area contributed by atoms with Gasteiger partial charge in [-0.25, -0.2) is 9.78 Å². The van der Waals surface area contributed by atoms with Crippen LogP contribution in [0.1, 0.15) is 44.8 Å². The number of hydrogen-bond donors (Lipinski definition) is 1. The van der Waals surface area contributed by atoms with E-state index in [1.165, 1.54) is 0 Å². The molecule has 1 heterocycles. The minimum absolute atomic E-state index is 0.0422. The normalized spacial score (nSPS) is 12.0. The van der Waals surface area contributed by atoms with E-state index in [1.807, 2.05) is 54.5 Å². The van der Waals surface area contributed by atoms with Gasteiger partial charge in [0.15, 0.2) is 0 Å². The Morgan fingerprint density at radius 1 is 1.28 bits per heavy atom. The molecule has 1 aromatic heterocycles. The number of carbonyl (C=O) groups is 1.